The van der Waals surface area contributed by atoms with Crippen molar-refractivity contribution >= 4 is 35.6 Å². The highest BCUT2D eigenvalue weighted by Crippen LogP contribution is 2.05. The minimum Gasteiger partial charge on any atom is -0.481 e. The average Bonchev–Trinajstić information content (AvgIpc) is 2.76. The number of hydrogen-bond donors (Lipinski definition) is 9. The van der Waals surface area contributed by atoms with Crippen molar-refractivity contribution in [1.29, 1.82) is 0 Å². The van der Waals surface area contributed by atoms with E-state index in [1.165, 1.54) is 0 Å². The summed E-state index contributed by atoms with van der Waals surface area (Å²) in [5.74, 6) is -6.92. The van der Waals surface area contributed by atoms with Crippen LogP contribution in [-0.4, -0.2) is 92.9 Å². The number of carboxylic acid groups (broad SMARTS) is 3. The number of hydrogen-bond acceptors (Lipinski definition) is 9. The number of carbonyl (C=O) groups is 6. The van der Waals surface area contributed by atoms with E-state index in [-0.39, 0.29) is 12.8 Å². The van der Waals surface area contributed by atoms with Crippen LogP contribution in [0.2, 0.25) is 0 Å². The van der Waals surface area contributed by atoms with E-state index in [0.717, 1.165) is 6.92 Å². The third-order valence-corrected chi connectivity index (χ3v) is 4.91. The second-order valence-electron chi connectivity index (χ2n) is 7.94. The van der Waals surface area contributed by atoms with E-state index in [1.54, 1.807) is 0 Å². The van der Waals surface area contributed by atoms with Gasteiger partial charge in [0.1, 0.15) is 18.1 Å². The van der Waals surface area contributed by atoms with Gasteiger partial charge in [-0.25, -0.2) is 4.79 Å². The first-order chi connectivity index (χ1) is 16.3. The van der Waals surface area contributed by atoms with Crippen molar-refractivity contribution in [3.05, 3.63) is 0 Å². The van der Waals surface area contributed by atoms with Crippen molar-refractivity contribution in [2.75, 3.05) is 6.54 Å². The number of nitrogens with two attached hydrogens (primary N) is 2. The van der Waals surface area contributed by atoms with Gasteiger partial charge in [-0.3, -0.25) is 24.0 Å². The Balaban J connectivity index is 5.42. The first-order valence-electron chi connectivity index (χ1n) is 11.0. The molecule has 0 aliphatic heterocycles. The van der Waals surface area contributed by atoms with Crippen molar-refractivity contribution in [3.63, 3.8) is 0 Å². The van der Waals surface area contributed by atoms with Crippen molar-refractivity contribution in [2.24, 2.45) is 11.5 Å². The van der Waals surface area contributed by atoms with Crippen LogP contribution in [0.4, 0.5) is 0 Å². The number of nitrogens with one attached hydrogen (secondary N) is 3. The molecule has 0 aromatic heterocycles. The van der Waals surface area contributed by atoms with Crippen LogP contribution < -0.4 is 27.4 Å². The van der Waals surface area contributed by atoms with Crippen LogP contribution in [0.25, 0.3) is 0 Å². The van der Waals surface area contributed by atoms with E-state index in [2.05, 4.69) is 10.6 Å². The second-order valence-corrected chi connectivity index (χ2v) is 7.94. The summed E-state index contributed by atoms with van der Waals surface area (Å²) >= 11 is 0. The number of aliphatic hydroxyl groups is 1. The van der Waals surface area contributed by atoms with Crippen molar-refractivity contribution < 1.29 is 49.2 Å². The fourth-order valence-electron chi connectivity index (χ4n) is 2.90. The molecule has 0 saturated carbocycles. The van der Waals surface area contributed by atoms with Crippen LogP contribution in [0, 0.1) is 0 Å². The maximum Gasteiger partial charge on any atom is 0.326 e. The SMILES string of the molecule is CC(O)C(NC(=O)C(CCC(=O)O)NC(=O)C(N)CCCCN)C(=O)NC(CCC(=O)O)C(=O)O. The Morgan fingerprint density at radius 3 is 1.71 bits per heavy atom. The van der Waals surface area contributed by atoms with Gasteiger partial charge in [-0.2, -0.15) is 0 Å². The van der Waals surface area contributed by atoms with Gasteiger partial charge in [0.25, 0.3) is 0 Å². The molecule has 0 spiro atoms. The van der Waals surface area contributed by atoms with Crippen LogP contribution in [0.3, 0.4) is 0 Å². The number of amides is 3. The van der Waals surface area contributed by atoms with Gasteiger partial charge in [0.15, 0.2) is 0 Å². The van der Waals surface area contributed by atoms with Gasteiger partial charge in [-0.1, -0.05) is 6.42 Å². The molecule has 3 amide bonds. The minimum absolute atomic E-state index is 0.266. The van der Waals surface area contributed by atoms with Crippen LogP contribution in [0.15, 0.2) is 0 Å². The smallest absolute Gasteiger partial charge is 0.326 e. The fraction of sp³-hybridized carbons (Fsp3) is 0.700. The zero-order chi connectivity index (χ0) is 27.1. The van der Waals surface area contributed by atoms with Gasteiger partial charge in [0, 0.05) is 12.8 Å². The highest BCUT2D eigenvalue weighted by molar-refractivity contribution is 5.94. The zero-order valence-electron chi connectivity index (χ0n) is 19.4. The monoisotopic (exact) mass is 505 g/mol. The number of rotatable bonds is 18. The van der Waals surface area contributed by atoms with Crippen LogP contribution in [-0.2, 0) is 28.8 Å². The second kappa shape index (κ2) is 16.3. The number of aliphatic carboxylic acids is 3. The molecule has 15 nitrogen and oxygen atoms in total. The third-order valence-electron chi connectivity index (χ3n) is 4.91. The van der Waals surface area contributed by atoms with E-state index < -0.39 is 85.2 Å². The molecule has 0 radical (unpaired) electrons. The van der Waals surface area contributed by atoms with Crippen molar-refractivity contribution in [3.8, 4) is 0 Å². The summed E-state index contributed by atoms with van der Waals surface area (Å²) < 4.78 is 0. The Labute approximate surface area is 201 Å². The van der Waals surface area contributed by atoms with E-state index >= 15 is 0 Å². The van der Waals surface area contributed by atoms with E-state index in [4.69, 9.17) is 21.7 Å². The summed E-state index contributed by atoms with van der Waals surface area (Å²) in [7, 11) is 0. The lowest BCUT2D eigenvalue weighted by atomic mass is 10.1. The van der Waals surface area contributed by atoms with Gasteiger partial charge in [0.2, 0.25) is 17.7 Å². The topological polar surface area (TPSA) is 271 Å². The van der Waals surface area contributed by atoms with Crippen LogP contribution >= 0.6 is 0 Å². The molecule has 0 rings (SSSR count). The molecular formula is C20H35N5O10. The molecule has 0 fully saturated rings. The van der Waals surface area contributed by atoms with Gasteiger partial charge in [0.05, 0.1) is 12.1 Å². The fourth-order valence-corrected chi connectivity index (χ4v) is 2.90. The molecule has 35 heavy (non-hydrogen) atoms. The van der Waals surface area contributed by atoms with Crippen LogP contribution in [0.1, 0.15) is 51.9 Å². The van der Waals surface area contributed by atoms with E-state index in [1.807, 2.05) is 5.32 Å². The zero-order valence-corrected chi connectivity index (χ0v) is 19.4. The molecular weight excluding hydrogens is 470 g/mol. The molecule has 0 aliphatic carbocycles. The summed E-state index contributed by atoms with van der Waals surface area (Å²) in [6, 6.07) is -5.71. The van der Waals surface area contributed by atoms with Crippen LogP contribution in [0.5, 0.6) is 0 Å². The standard InChI is InChI=1S/C20H35N5O10/c1-10(26)16(19(33)24-13(20(34)35)6-8-15(29)30)25-18(32)12(5-7-14(27)28)23-17(31)11(22)4-2-3-9-21/h10-13,16,26H,2-9,21-22H2,1H3,(H,23,31)(H,24,33)(H,25,32)(H,27,28)(H,29,30)(H,34,35). The number of carbonyl (C=O) groups excluding carboxylic acids is 3. The molecule has 5 atom stereocenters. The molecule has 0 saturated heterocycles. The predicted molar refractivity (Wildman–Crippen MR) is 120 cm³/mol. The summed E-state index contributed by atoms with van der Waals surface area (Å²) in [5.41, 5.74) is 11.2. The van der Waals surface area contributed by atoms with Gasteiger partial charge < -0.3 is 47.8 Å². The predicted octanol–water partition coefficient (Wildman–Crippen LogP) is -2.91. The first kappa shape index (κ1) is 31.7. The number of aliphatic hydroxyl groups excluding tert-OH is 1. The van der Waals surface area contributed by atoms with Crippen molar-refractivity contribution in [1.82, 2.24) is 16.0 Å². The third kappa shape index (κ3) is 13.2. The Morgan fingerprint density at radius 2 is 1.26 bits per heavy atom. The lowest BCUT2D eigenvalue weighted by Crippen LogP contribution is -2.59. The molecule has 15 heteroatoms. The average molecular weight is 506 g/mol. The number of carboxylic acids is 3. The summed E-state index contributed by atoms with van der Waals surface area (Å²) in [6.45, 7) is 1.54. The van der Waals surface area contributed by atoms with Gasteiger partial charge in [-0.15, -0.1) is 0 Å². The molecule has 0 aromatic carbocycles. The Bertz CT molecular complexity index is 761. The largest absolute Gasteiger partial charge is 0.481 e. The Morgan fingerprint density at radius 1 is 0.743 bits per heavy atom. The Hall–Kier alpha value is -3.30. The maximum absolute atomic E-state index is 12.8. The summed E-state index contributed by atoms with van der Waals surface area (Å²) in [4.78, 5) is 70.7. The minimum atomic E-state index is -1.68. The highest BCUT2D eigenvalue weighted by Gasteiger charge is 2.33. The molecule has 0 bridgehead atoms. The lowest BCUT2D eigenvalue weighted by molar-refractivity contribution is -0.144. The lowest BCUT2D eigenvalue weighted by Gasteiger charge is -2.26. The van der Waals surface area contributed by atoms with Gasteiger partial charge in [-0.05, 0) is 39.2 Å². The maximum atomic E-state index is 12.8. The first-order valence-corrected chi connectivity index (χ1v) is 11.0. The molecule has 11 N–H and O–H groups in total. The quantitative estimate of drug-likeness (QED) is 0.0848. The van der Waals surface area contributed by atoms with Crippen molar-refractivity contribution in [2.45, 2.75) is 82.1 Å². The molecule has 0 aliphatic rings. The molecule has 0 heterocycles. The normalized spacial score (nSPS) is 15.1. The highest BCUT2D eigenvalue weighted by atomic mass is 16.4. The number of unbranched alkanes of at least 4 members (excludes halogenated alkanes) is 1. The summed E-state index contributed by atoms with van der Waals surface area (Å²) in [5, 5.41) is 43.4. The van der Waals surface area contributed by atoms with Gasteiger partial charge >= 0.3 is 17.9 Å². The van der Waals surface area contributed by atoms with E-state index in [0.29, 0.717) is 19.4 Å². The molecule has 5 unspecified atom stereocenters. The summed E-state index contributed by atoms with van der Waals surface area (Å²) in [6.07, 6.45) is -1.96. The molecule has 0 aromatic rings. The van der Waals surface area contributed by atoms with E-state index in [9.17, 15) is 39.0 Å². The Kier molecular flexibility index (Phi) is 14.8. The molecule has 200 valence electrons.